The van der Waals surface area contributed by atoms with Crippen molar-refractivity contribution in [3.8, 4) is 0 Å². The number of aryl methyl sites for hydroxylation is 1. The highest BCUT2D eigenvalue weighted by Gasteiger charge is 2.28. The molecule has 3 rings (SSSR count). The molecule has 0 spiro atoms. The summed E-state index contributed by atoms with van der Waals surface area (Å²) in [6.07, 6.45) is 2.96. The maximum atomic E-state index is 12.3. The predicted octanol–water partition coefficient (Wildman–Crippen LogP) is 5.43. The summed E-state index contributed by atoms with van der Waals surface area (Å²) < 4.78 is 5.00. The third-order valence-electron chi connectivity index (χ3n) is 4.56. The van der Waals surface area contributed by atoms with Crippen molar-refractivity contribution in [1.29, 1.82) is 0 Å². The fourth-order valence-corrected chi connectivity index (χ4v) is 4.96. The summed E-state index contributed by atoms with van der Waals surface area (Å²) in [5.74, 6) is 0.306. The predicted molar refractivity (Wildman–Crippen MR) is 113 cm³/mol. The summed E-state index contributed by atoms with van der Waals surface area (Å²) in [4.78, 5) is 13.6. The van der Waals surface area contributed by atoms with Gasteiger partial charge in [0, 0.05) is 15.6 Å². The lowest BCUT2D eigenvalue weighted by Gasteiger charge is -2.18. The van der Waals surface area contributed by atoms with Gasteiger partial charge in [0.1, 0.15) is 5.00 Å². The molecular weight excluding hydrogens is 388 g/mol. The number of ether oxygens (including phenoxy) is 1. The van der Waals surface area contributed by atoms with E-state index in [1.165, 1.54) is 12.0 Å². The van der Waals surface area contributed by atoms with Gasteiger partial charge in [0.2, 0.25) is 0 Å². The van der Waals surface area contributed by atoms with Crippen LogP contribution in [0.25, 0.3) is 0 Å². The smallest absolute Gasteiger partial charge is 0.341 e. The third kappa shape index (κ3) is 4.03. The Bertz CT molecular complexity index is 863. The Kier molecular flexibility index (Phi) is 5.85. The first kappa shape index (κ1) is 19.1. The Morgan fingerprint density at radius 1 is 1.38 bits per heavy atom. The SMILES string of the molecule is COC(=O)c1c(NC(=S)Nc2ccc(C)c(Cl)c2)sc2c1CCC(C)C2. The van der Waals surface area contributed by atoms with Crippen molar-refractivity contribution < 1.29 is 9.53 Å². The Hall–Kier alpha value is -1.63. The minimum Gasteiger partial charge on any atom is -0.465 e. The van der Waals surface area contributed by atoms with Crippen LogP contribution in [0.4, 0.5) is 10.7 Å². The minimum absolute atomic E-state index is 0.319. The molecule has 1 aliphatic carbocycles. The summed E-state index contributed by atoms with van der Waals surface area (Å²) in [5.41, 5.74) is 3.52. The molecular formula is C19H21ClN2O2S2. The van der Waals surface area contributed by atoms with E-state index in [1.807, 2.05) is 25.1 Å². The van der Waals surface area contributed by atoms with Crippen LogP contribution in [-0.2, 0) is 17.6 Å². The van der Waals surface area contributed by atoms with Gasteiger partial charge in [-0.1, -0.05) is 24.6 Å². The molecule has 26 heavy (non-hydrogen) atoms. The van der Waals surface area contributed by atoms with E-state index in [0.29, 0.717) is 21.6 Å². The van der Waals surface area contributed by atoms with E-state index in [4.69, 9.17) is 28.6 Å². The number of carbonyl (C=O) groups excluding carboxylic acids is 1. The molecule has 2 aromatic rings. The molecule has 1 atom stereocenters. The van der Waals surface area contributed by atoms with Crippen LogP contribution < -0.4 is 10.6 Å². The number of halogens is 1. The quantitative estimate of drug-likeness (QED) is 0.523. The first-order valence-electron chi connectivity index (χ1n) is 8.46. The van der Waals surface area contributed by atoms with Gasteiger partial charge >= 0.3 is 5.97 Å². The highest BCUT2D eigenvalue weighted by atomic mass is 35.5. The number of hydrogen-bond acceptors (Lipinski definition) is 4. The van der Waals surface area contributed by atoms with Crippen molar-refractivity contribution in [3.05, 3.63) is 44.8 Å². The van der Waals surface area contributed by atoms with E-state index in [1.54, 1.807) is 11.3 Å². The number of thiophene rings is 1. The first-order chi connectivity index (χ1) is 12.4. The lowest BCUT2D eigenvalue weighted by Crippen LogP contribution is -2.20. The van der Waals surface area contributed by atoms with Crippen molar-refractivity contribution in [1.82, 2.24) is 0 Å². The number of benzene rings is 1. The lowest BCUT2D eigenvalue weighted by molar-refractivity contribution is 0.0601. The van der Waals surface area contributed by atoms with E-state index < -0.39 is 0 Å². The van der Waals surface area contributed by atoms with Gasteiger partial charge in [0.15, 0.2) is 5.11 Å². The third-order valence-corrected chi connectivity index (χ3v) is 6.34. The van der Waals surface area contributed by atoms with Crippen LogP contribution in [0.5, 0.6) is 0 Å². The van der Waals surface area contributed by atoms with Gasteiger partial charge in [-0.2, -0.15) is 0 Å². The van der Waals surface area contributed by atoms with Crippen LogP contribution in [0.15, 0.2) is 18.2 Å². The van der Waals surface area contributed by atoms with E-state index in [9.17, 15) is 4.79 Å². The Balaban J connectivity index is 1.83. The average molecular weight is 409 g/mol. The van der Waals surface area contributed by atoms with Crippen molar-refractivity contribution in [2.24, 2.45) is 5.92 Å². The topological polar surface area (TPSA) is 50.4 Å². The second-order valence-electron chi connectivity index (χ2n) is 6.59. The molecule has 1 aromatic heterocycles. The van der Waals surface area contributed by atoms with Gasteiger partial charge < -0.3 is 15.4 Å². The molecule has 2 N–H and O–H groups in total. The molecule has 0 aliphatic heterocycles. The molecule has 1 aliphatic rings. The fraction of sp³-hybridized carbons (Fsp3) is 0.368. The highest BCUT2D eigenvalue weighted by Crippen LogP contribution is 2.40. The molecule has 0 bridgehead atoms. The number of methoxy groups -OCH3 is 1. The average Bonchev–Trinajstić information content (AvgIpc) is 2.94. The monoisotopic (exact) mass is 408 g/mol. The number of rotatable bonds is 3. The zero-order chi connectivity index (χ0) is 18.8. The van der Waals surface area contributed by atoms with Crippen LogP contribution in [0.1, 0.15) is 39.7 Å². The molecule has 1 unspecified atom stereocenters. The molecule has 0 amide bonds. The second kappa shape index (κ2) is 7.94. The summed E-state index contributed by atoms with van der Waals surface area (Å²) in [7, 11) is 1.41. The molecule has 138 valence electrons. The van der Waals surface area contributed by atoms with Gasteiger partial charge in [-0.05, 0) is 67.6 Å². The van der Waals surface area contributed by atoms with Crippen LogP contribution in [0.3, 0.4) is 0 Å². The van der Waals surface area contributed by atoms with Gasteiger partial charge in [-0.3, -0.25) is 0 Å². The first-order valence-corrected chi connectivity index (χ1v) is 10.1. The molecule has 1 aromatic carbocycles. The number of hydrogen-bond donors (Lipinski definition) is 2. The van der Waals surface area contributed by atoms with Gasteiger partial charge in [0.05, 0.1) is 12.7 Å². The highest BCUT2D eigenvalue weighted by molar-refractivity contribution is 7.80. The molecule has 0 radical (unpaired) electrons. The minimum atomic E-state index is -0.319. The van der Waals surface area contributed by atoms with Gasteiger partial charge in [0.25, 0.3) is 0 Å². The van der Waals surface area contributed by atoms with Crippen molar-refractivity contribution in [2.75, 3.05) is 17.7 Å². The number of thiocarbonyl (C=S) groups is 1. The summed E-state index contributed by atoms with van der Waals surface area (Å²) in [6, 6.07) is 5.67. The maximum absolute atomic E-state index is 12.3. The zero-order valence-corrected chi connectivity index (χ0v) is 17.3. The molecule has 7 heteroatoms. The van der Waals surface area contributed by atoms with Gasteiger partial charge in [-0.25, -0.2) is 4.79 Å². The number of esters is 1. The second-order valence-corrected chi connectivity index (χ2v) is 8.51. The molecule has 4 nitrogen and oxygen atoms in total. The standard InChI is InChI=1S/C19H21ClN2O2S2/c1-10-4-7-13-15(8-10)26-17(16(13)18(23)24-3)22-19(25)21-12-6-5-11(2)14(20)9-12/h5-6,9-10H,4,7-8H2,1-3H3,(H2,21,22,25). The molecule has 1 heterocycles. The number of fused-ring (bicyclic) bond motifs is 1. The van der Waals surface area contributed by atoms with Crippen molar-refractivity contribution >= 4 is 56.9 Å². The lowest BCUT2D eigenvalue weighted by atomic mass is 9.88. The Morgan fingerprint density at radius 3 is 2.85 bits per heavy atom. The van der Waals surface area contributed by atoms with Crippen LogP contribution in [0, 0.1) is 12.8 Å². The zero-order valence-electron chi connectivity index (χ0n) is 14.9. The van der Waals surface area contributed by atoms with Crippen molar-refractivity contribution in [2.45, 2.75) is 33.1 Å². The van der Waals surface area contributed by atoms with Crippen LogP contribution in [0.2, 0.25) is 5.02 Å². The summed E-state index contributed by atoms with van der Waals surface area (Å²) in [5, 5.41) is 8.13. The molecule has 0 saturated carbocycles. The van der Waals surface area contributed by atoms with Crippen LogP contribution >= 0.6 is 35.2 Å². The fourth-order valence-electron chi connectivity index (χ4n) is 3.09. The van der Waals surface area contributed by atoms with E-state index in [-0.39, 0.29) is 5.97 Å². The number of anilines is 2. The summed E-state index contributed by atoms with van der Waals surface area (Å²) >= 11 is 13.2. The van der Waals surface area contributed by atoms with E-state index in [0.717, 1.165) is 41.1 Å². The number of carbonyl (C=O) groups is 1. The maximum Gasteiger partial charge on any atom is 0.341 e. The van der Waals surface area contributed by atoms with Crippen LogP contribution in [-0.4, -0.2) is 18.2 Å². The molecule has 0 saturated heterocycles. The van der Waals surface area contributed by atoms with Crippen molar-refractivity contribution in [3.63, 3.8) is 0 Å². The Morgan fingerprint density at radius 2 is 2.15 bits per heavy atom. The molecule has 0 fully saturated rings. The van der Waals surface area contributed by atoms with E-state index in [2.05, 4.69) is 17.6 Å². The number of nitrogens with one attached hydrogen (secondary N) is 2. The normalized spacial score (nSPS) is 15.9. The van der Waals surface area contributed by atoms with Gasteiger partial charge in [-0.15, -0.1) is 11.3 Å². The largest absolute Gasteiger partial charge is 0.465 e. The van der Waals surface area contributed by atoms with E-state index >= 15 is 0 Å². The Labute approximate surface area is 167 Å². The summed E-state index contributed by atoms with van der Waals surface area (Å²) in [6.45, 7) is 4.18.